The summed E-state index contributed by atoms with van der Waals surface area (Å²) in [5.41, 5.74) is 0.722. The van der Waals surface area contributed by atoms with E-state index in [4.69, 9.17) is 4.74 Å². The van der Waals surface area contributed by atoms with E-state index in [9.17, 15) is 4.79 Å². The van der Waals surface area contributed by atoms with Gasteiger partial charge in [-0.25, -0.2) is 0 Å². The fourth-order valence-electron chi connectivity index (χ4n) is 8.88. The van der Waals surface area contributed by atoms with Gasteiger partial charge in [0.2, 0.25) is 5.91 Å². The highest BCUT2D eigenvalue weighted by Crippen LogP contribution is 2.67. The molecule has 3 heteroatoms. The molecule has 0 radical (unpaired) electrons. The van der Waals surface area contributed by atoms with Gasteiger partial charge in [-0.2, -0.15) is 0 Å². The smallest absolute Gasteiger partial charge is 0.222 e. The van der Waals surface area contributed by atoms with Crippen molar-refractivity contribution in [3.63, 3.8) is 0 Å². The summed E-state index contributed by atoms with van der Waals surface area (Å²) in [6, 6.07) is 0.462. The van der Waals surface area contributed by atoms with E-state index in [1.54, 1.807) is 0 Å². The number of rotatable bonds is 4. The van der Waals surface area contributed by atoms with Crippen LogP contribution in [0.1, 0.15) is 72.6 Å². The van der Waals surface area contributed by atoms with E-state index in [1.807, 2.05) is 6.08 Å². The van der Waals surface area contributed by atoms with Crippen molar-refractivity contribution in [1.29, 1.82) is 0 Å². The highest BCUT2D eigenvalue weighted by Gasteiger charge is 2.63. The highest BCUT2D eigenvalue weighted by molar-refractivity contribution is 5.77. The summed E-state index contributed by atoms with van der Waals surface area (Å²) in [4.78, 5) is 14.4. The van der Waals surface area contributed by atoms with Crippen LogP contribution in [0.4, 0.5) is 0 Å². The first-order valence-electron chi connectivity index (χ1n) is 11.7. The molecular formula is C25H41NO2. The molecule has 158 valence electrons. The van der Waals surface area contributed by atoms with Crippen LogP contribution in [0.25, 0.3) is 0 Å². The van der Waals surface area contributed by atoms with Crippen LogP contribution >= 0.6 is 0 Å². The fourth-order valence-corrected chi connectivity index (χ4v) is 8.88. The second-order valence-electron chi connectivity index (χ2n) is 11.1. The average Bonchev–Trinajstić information content (AvgIpc) is 2.93. The largest absolute Gasteiger partial charge is 0.374 e. The van der Waals surface area contributed by atoms with Crippen LogP contribution in [-0.2, 0) is 9.53 Å². The molecular weight excluding hydrogens is 346 g/mol. The van der Waals surface area contributed by atoms with Crippen molar-refractivity contribution in [2.75, 3.05) is 13.7 Å². The van der Waals surface area contributed by atoms with Gasteiger partial charge in [0, 0.05) is 19.5 Å². The van der Waals surface area contributed by atoms with Gasteiger partial charge in [-0.1, -0.05) is 26.8 Å². The summed E-state index contributed by atoms with van der Waals surface area (Å²) in [6.07, 6.45) is 10.6. The Labute approximate surface area is 172 Å². The maximum atomic E-state index is 12.3. The normalized spacial score (nSPS) is 49.2. The topological polar surface area (TPSA) is 29.5 Å². The Morgan fingerprint density at radius 2 is 1.96 bits per heavy atom. The molecule has 3 nitrogen and oxygen atoms in total. The van der Waals surface area contributed by atoms with Crippen molar-refractivity contribution in [3.05, 3.63) is 12.7 Å². The van der Waals surface area contributed by atoms with Crippen LogP contribution in [-0.4, -0.2) is 36.6 Å². The van der Waals surface area contributed by atoms with Crippen molar-refractivity contribution in [3.8, 4) is 0 Å². The van der Waals surface area contributed by atoms with Crippen molar-refractivity contribution in [1.82, 2.24) is 4.90 Å². The molecule has 3 aliphatic carbocycles. The Hall–Kier alpha value is -0.830. The van der Waals surface area contributed by atoms with Gasteiger partial charge in [0.15, 0.2) is 0 Å². The maximum Gasteiger partial charge on any atom is 0.222 e. The zero-order valence-electron chi connectivity index (χ0n) is 18.7. The summed E-state index contributed by atoms with van der Waals surface area (Å²) in [5, 5.41) is 0. The van der Waals surface area contributed by atoms with Gasteiger partial charge in [-0.05, 0) is 85.9 Å². The third kappa shape index (κ3) is 2.82. The zero-order valence-corrected chi connectivity index (χ0v) is 18.7. The van der Waals surface area contributed by atoms with Crippen molar-refractivity contribution >= 4 is 5.91 Å². The van der Waals surface area contributed by atoms with Gasteiger partial charge in [0.05, 0.1) is 12.7 Å². The molecule has 0 bridgehead atoms. The number of carbonyl (C=O) groups is 1. The highest BCUT2D eigenvalue weighted by atomic mass is 16.5. The molecule has 1 amide bonds. The van der Waals surface area contributed by atoms with Gasteiger partial charge < -0.3 is 9.64 Å². The first-order chi connectivity index (χ1) is 13.2. The Morgan fingerprint density at radius 3 is 2.68 bits per heavy atom. The van der Waals surface area contributed by atoms with E-state index >= 15 is 0 Å². The third-order valence-corrected chi connectivity index (χ3v) is 9.98. The molecule has 28 heavy (non-hydrogen) atoms. The first kappa shape index (κ1) is 20.4. The predicted octanol–water partition coefficient (Wildman–Crippen LogP) is 5.30. The first-order valence-corrected chi connectivity index (χ1v) is 11.7. The summed E-state index contributed by atoms with van der Waals surface area (Å²) >= 11 is 0. The third-order valence-electron chi connectivity index (χ3n) is 9.98. The molecule has 4 aliphatic rings. The summed E-state index contributed by atoms with van der Waals surface area (Å²) in [6.45, 7) is 14.4. The average molecular weight is 388 g/mol. The van der Waals surface area contributed by atoms with E-state index in [-0.39, 0.29) is 0 Å². The molecule has 0 aromatic rings. The van der Waals surface area contributed by atoms with Crippen molar-refractivity contribution < 1.29 is 9.53 Å². The molecule has 4 fully saturated rings. The fraction of sp³-hybridized carbons (Fsp3) is 0.880. The van der Waals surface area contributed by atoms with Gasteiger partial charge in [0.1, 0.15) is 0 Å². The number of nitrogens with zero attached hydrogens (tertiary/aromatic N) is 1. The van der Waals surface area contributed by atoms with Crippen LogP contribution in [0.15, 0.2) is 12.7 Å². The zero-order chi connectivity index (χ0) is 20.3. The van der Waals surface area contributed by atoms with E-state index in [0.717, 1.165) is 36.5 Å². The van der Waals surface area contributed by atoms with E-state index in [2.05, 4.69) is 46.2 Å². The Bertz CT molecular complexity index is 632. The summed E-state index contributed by atoms with van der Waals surface area (Å²) < 4.78 is 6.17. The second-order valence-corrected chi connectivity index (χ2v) is 11.1. The molecule has 0 spiro atoms. The van der Waals surface area contributed by atoms with E-state index in [1.165, 1.54) is 32.1 Å². The monoisotopic (exact) mass is 387 g/mol. The molecule has 1 aliphatic heterocycles. The summed E-state index contributed by atoms with van der Waals surface area (Å²) in [7, 11) is 2.06. The minimum Gasteiger partial charge on any atom is -0.374 e. The van der Waals surface area contributed by atoms with Gasteiger partial charge in [-0.3, -0.25) is 4.79 Å². The lowest BCUT2D eigenvalue weighted by Gasteiger charge is -2.62. The van der Waals surface area contributed by atoms with Crippen molar-refractivity contribution in [2.24, 2.45) is 40.4 Å². The number of likely N-dealkylation sites (tertiary alicyclic amines) is 1. The molecule has 4 rings (SSSR count). The minimum atomic E-state index is 0.310. The number of amides is 1. The van der Waals surface area contributed by atoms with Gasteiger partial charge in [-0.15, -0.1) is 6.58 Å². The van der Waals surface area contributed by atoms with Crippen LogP contribution in [0.5, 0.6) is 0 Å². The predicted molar refractivity (Wildman–Crippen MR) is 114 cm³/mol. The Kier molecular flexibility index (Phi) is 5.22. The molecule has 0 aromatic heterocycles. The van der Waals surface area contributed by atoms with Gasteiger partial charge >= 0.3 is 0 Å². The van der Waals surface area contributed by atoms with Crippen LogP contribution in [0.2, 0.25) is 0 Å². The number of hydrogen-bond donors (Lipinski definition) is 0. The minimum absolute atomic E-state index is 0.310. The number of carbonyl (C=O) groups excluding carboxylic acids is 1. The van der Waals surface area contributed by atoms with Crippen molar-refractivity contribution in [2.45, 2.75) is 84.8 Å². The number of ether oxygens (including phenoxy) is 1. The number of piperidine rings is 1. The SMILES string of the molecule is C=CCO[C@H](C)[C@H]1[C@@H](C)C[C@H]2[C@@H]3CC[C@H]4N(C)C(=O)CC[C@]4(C)[C@H]3CC[C@]12C. The van der Waals surface area contributed by atoms with Gasteiger partial charge in [0.25, 0.3) is 0 Å². The Balaban J connectivity index is 1.59. The molecule has 1 saturated heterocycles. The summed E-state index contributed by atoms with van der Waals surface area (Å²) in [5.74, 6) is 4.19. The number of hydrogen-bond acceptors (Lipinski definition) is 2. The van der Waals surface area contributed by atoms with E-state index in [0.29, 0.717) is 41.4 Å². The molecule has 0 aromatic carbocycles. The van der Waals surface area contributed by atoms with Crippen LogP contribution in [0, 0.1) is 40.4 Å². The van der Waals surface area contributed by atoms with Crippen LogP contribution < -0.4 is 0 Å². The molecule has 0 unspecified atom stereocenters. The van der Waals surface area contributed by atoms with E-state index < -0.39 is 0 Å². The lowest BCUT2D eigenvalue weighted by molar-refractivity contribution is -0.160. The maximum absolute atomic E-state index is 12.3. The number of fused-ring (bicyclic) bond motifs is 5. The quantitative estimate of drug-likeness (QED) is 0.612. The second kappa shape index (κ2) is 7.15. The lowest BCUT2D eigenvalue weighted by Crippen LogP contribution is -2.61. The standard InChI is InChI=1S/C25H41NO2/c1-7-14-28-17(3)23-16(2)15-20-18-8-9-21-24(4,13-11-22(27)26(21)6)19(18)10-12-25(20,23)5/h7,16-21,23H,1,8-15H2,2-6H3/t16-,17+,18+,19-,20-,21+,23+,24+,25-/m0/s1. The molecule has 0 N–H and O–H groups in total. The molecule has 1 heterocycles. The Morgan fingerprint density at radius 1 is 1.21 bits per heavy atom. The molecule has 3 saturated carbocycles. The molecule has 9 atom stereocenters. The lowest BCUT2D eigenvalue weighted by atomic mass is 9.46. The van der Waals surface area contributed by atoms with Crippen LogP contribution in [0.3, 0.4) is 0 Å².